The number of anilines is 1. The molecule has 2 saturated heterocycles. The fourth-order valence-corrected chi connectivity index (χ4v) is 3.72. The van der Waals surface area contributed by atoms with Crippen molar-refractivity contribution in [3.05, 3.63) is 24.3 Å². The Morgan fingerprint density at radius 3 is 2.41 bits per heavy atom. The molecule has 1 aromatic carbocycles. The van der Waals surface area contributed by atoms with E-state index in [1.165, 1.54) is 0 Å². The van der Waals surface area contributed by atoms with Crippen LogP contribution < -0.4 is 10.1 Å². The van der Waals surface area contributed by atoms with Crippen LogP contribution in [0.4, 0.5) is 5.69 Å². The molecule has 2 aliphatic heterocycles. The molecule has 1 aromatic rings. The molecule has 2 fully saturated rings. The fraction of sp³-hybridized carbons (Fsp3) is 0.600. The van der Waals surface area contributed by atoms with Crippen LogP contribution >= 0.6 is 0 Å². The molecule has 1 atom stereocenters. The van der Waals surface area contributed by atoms with Crippen LogP contribution in [-0.4, -0.2) is 85.5 Å². The van der Waals surface area contributed by atoms with Crippen molar-refractivity contribution >= 4 is 17.5 Å². The summed E-state index contributed by atoms with van der Waals surface area (Å²) in [6, 6.07) is 7.19. The molecule has 0 aromatic heterocycles. The summed E-state index contributed by atoms with van der Waals surface area (Å²) >= 11 is 0. The fourth-order valence-electron chi connectivity index (χ4n) is 3.72. The van der Waals surface area contributed by atoms with E-state index in [4.69, 9.17) is 4.74 Å². The zero-order valence-corrected chi connectivity index (χ0v) is 16.3. The molecule has 0 unspecified atom stereocenters. The normalized spacial score (nSPS) is 19.7. The Balaban J connectivity index is 1.46. The smallest absolute Gasteiger partial charge is 0.241 e. The van der Waals surface area contributed by atoms with E-state index in [0.717, 1.165) is 52.1 Å². The Hall–Kier alpha value is -2.12. The highest BCUT2D eigenvalue weighted by atomic mass is 16.5. The molecule has 148 valence electrons. The summed E-state index contributed by atoms with van der Waals surface area (Å²) in [7, 11) is 1.59. The predicted octanol–water partition coefficient (Wildman–Crippen LogP) is 1.26. The number of ether oxygens (including phenoxy) is 1. The number of hydrogen-bond donors (Lipinski definition) is 1. The monoisotopic (exact) mass is 374 g/mol. The second kappa shape index (κ2) is 9.19. The topological polar surface area (TPSA) is 65.1 Å². The minimum absolute atomic E-state index is 0.0407. The zero-order valence-electron chi connectivity index (χ0n) is 16.3. The van der Waals surface area contributed by atoms with Crippen LogP contribution in [0.5, 0.6) is 5.75 Å². The summed E-state index contributed by atoms with van der Waals surface area (Å²) in [5.74, 6) is 0.854. The maximum absolute atomic E-state index is 12.6. The first-order chi connectivity index (χ1) is 13.1. The third-order valence-corrected chi connectivity index (χ3v) is 5.52. The van der Waals surface area contributed by atoms with Gasteiger partial charge in [-0.05, 0) is 31.9 Å². The van der Waals surface area contributed by atoms with Gasteiger partial charge in [-0.3, -0.25) is 19.4 Å². The Kier molecular flexibility index (Phi) is 6.68. The van der Waals surface area contributed by atoms with Crippen molar-refractivity contribution < 1.29 is 14.3 Å². The number of likely N-dealkylation sites (tertiary alicyclic amines) is 1. The Morgan fingerprint density at radius 1 is 1.07 bits per heavy atom. The van der Waals surface area contributed by atoms with E-state index in [1.807, 2.05) is 36.1 Å². The molecule has 0 aliphatic carbocycles. The second-order valence-corrected chi connectivity index (χ2v) is 7.27. The molecular formula is C20H30N4O3. The highest BCUT2D eigenvalue weighted by molar-refractivity contribution is 5.95. The van der Waals surface area contributed by atoms with Crippen LogP contribution in [0.25, 0.3) is 0 Å². The number of methoxy groups -OCH3 is 1. The van der Waals surface area contributed by atoms with E-state index in [1.54, 1.807) is 7.11 Å². The lowest BCUT2D eigenvalue weighted by molar-refractivity contribution is -0.132. The van der Waals surface area contributed by atoms with Crippen LogP contribution in [-0.2, 0) is 9.59 Å². The van der Waals surface area contributed by atoms with Crippen molar-refractivity contribution in [2.45, 2.75) is 25.8 Å². The lowest BCUT2D eigenvalue weighted by Crippen LogP contribution is -2.54. The lowest BCUT2D eigenvalue weighted by Gasteiger charge is -2.37. The number of nitrogens with one attached hydrogen (secondary N) is 1. The van der Waals surface area contributed by atoms with Crippen molar-refractivity contribution in [2.24, 2.45) is 0 Å². The van der Waals surface area contributed by atoms with Gasteiger partial charge in [0.05, 0.1) is 25.4 Å². The van der Waals surface area contributed by atoms with E-state index >= 15 is 0 Å². The summed E-state index contributed by atoms with van der Waals surface area (Å²) < 4.78 is 5.29. The first-order valence-corrected chi connectivity index (χ1v) is 9.76. The van der Waals surface area contributed by atoms with Crippen LogP contribution in [0.2, 0.25) is 0 Å². The highest BCUT2D eigenvalue weighted by Crippen LogP contribution is 2.23. The van der Waals surface area contributed by atoms with Crippen molar-refractivity contribution in [1.82, 2.24) is 14.7 Å². The lowest BCUT2D eigenvalue weighted by atomic mass is 10.2. The maximum Gasteiger partial charge on any atom is 0.241 e. The standard InChI is InChI=1S/C20H30N4O3/c1-16(20(26)21-17-7-3-4-8-18(17)27-2)23-13-11-22(12-14-23)15-19(25)24-9-5-6-10-24/h3-4,7-8,16H,5-6,9-15H2,1-2H3,(H,21,26)/t16-/m0/s1. The number of hydrogen-bond acceptors (Lipinski definition) is 5. The minimum Gasteiger partial charge on any atom is -0.495 e. The highest BCUT2D eigenvalue weighted by Gasteiger charge is 2.28. The first kappa shape index (κ1) is 19.6. The summed E-state index contributed by atoms with van der Waals surface area (Å²) in [6.45, 7) is 7.42. The molecule has 3 rings (SSSR count). The molecule has 7 heteroatoms. The third kappa shape index (κ3) is 4.99. The predicted molar refractivity (Wildman–Crippen MR) is 105 cm³/mol. The van der Waals surface area contributed by atoms with Gasteiger partial charge in [0.2, 0.25) is 11.8 Å². The van der Waals surface area contributed by atoms with Gasteiger partial charge >= 0.3 is 0 Å². The van der Waals surface area contributed by atoms with Gasteiger partial charge in [0.25, 0.3) is 0 Å². The third-order valence-electron chi connectivity index (χ3n) is 5.52. The number of rotatable bonds is 6. The van der Waals surface area contributed by atoms with Gasteiger partial charge in [0.1, 0.15) is 5.75 Å². The number of benzene rings is 1. The Labute approximate surface area is 161 Å². The molecule has 0 spiro atoms. The molecule has 0 saturated carbocycles. The molecular weight excluding hydrogens is 344 g/mol. The van der Waals surface area contributed by atoms with E-state index in [9.17, 15) is 9.59 Å². The number of carbonyl (C=O) groups excluding carboxylic acids is 2. The van der Waals surface area contributed by atoms with Crippen molar-refractivity contribution in [2.75, 3.05) is 58.2 Å². The van der Waals surface area contributed by atoms with E-state index in [0.29, 0.717) is 18.0 Å². The van der Waals surface area contributed by atoms with Gasteiger partial charge in [-0.15, -0.1) is 0 Å². The van der Waals surface area contributed by atoms with Crippen molar-refractivity contribution in [1.29, 1.82) is 0 Å². The largest absolute Gasteiger partial charge is 0.495 e. The van der Waals surface area contributed by atoms with Crippen LogP contribution in [0.15, 0.2) is 24.3 Å². The van der Waals surface area contributed by atoms with Crippen LogP contribution in [0.1, 0.15) is 19.8 Å². The Morgan fingerprint density at radius 2 is 1.74 bits per heavy atom. The summed E-state index contributed by atoms with van der Waals surface area (Å²) in [5, 5.41) is 2.96. The maximum atomic E-state index is 12.6. The number of piperazine rings is 1. The van der Waals surface area contributed by atoms with Gasteiger partial charge in [-0.2, -0.15) is 0 Å². The first-order valence-electron chi connectivity index (χ1n) is 9.76. The summed E-state index contributed by atoms with van der Waals surface area (Å²) in [6.07, 6.45) is 2.25. The average Bonchev–Trinajstić information content (AvgIpc) is 3.23. The van der Waals surface area contributed by atoms with Crippen molar-refractivity contribution in [3.63, 3.8) is 0 Å². The molecule has 7 nitrogen and oxygen atoms in total. The molecule has 2 heterocycles. The number of para-hydroxylation sites is 2. The van der Waals surface area contributed by atoms with Crippen molar-refractivity contribution in [3.8, 4) is 5.75 Å². The Bertz CT molecular complexity index is 652. The molecule has 0 bridgehead atoms. The van der Waals surface area contributed by atoms with Gasteiger partial charge < -0.3 is 15.0 Å². The van der Waals surface area contributed by atoms with Gasteiger partial charge in [0.15, 0.2) is 0 Å². The van der Waals surface area contributed by atoms with Gasteiger partial charge in [0, 0.05) is 39.3 Å². The van der Waals surface area contributed by atoms with E-state index < -0.39 is 0 Å². The quantitative estimate of drug-likeness (QED) is 0.812. The summed E-state index contributed by atoms with van der Waals surface area (Å²) in [5.41, 5.74) is 0.687. The van der Waals surface area contributed by atoms with Gasteiger partial charge in [-0.1, -0.05) is 12.1 Å². The SMILES string of the molecule is COc1ccccc1NC(=O)[C@H](C)N1CCN(CC(=O)N2CCCC2)CC1. The minimum atomic E-state index is -0.230. The van der Waals surface area contributed by atoms with Crippen LogP contribution in [0.3, 0.4) is 0 Å². The second-order valence-electron chi connectivity index (χ2n) is 7.27. The average molecular weight is 374 g/mol. The number of nitrogens with zero attached hydrogens (tertiary/aromatic N) is 3. The molecule has 27 heavy (non-hydrogen) atoms. The zero-order chi connectivity index (χ0) is 19.2. The molecule has 2 amide bonds. The molecule has 1 N–H and O–H groups in total. The van der Waals surface area contributed by atoms with E-state index in [-0.39, 0.29) is 17.9 Å². The molecule has 0 radical (unpaired) electrons. The molecule has 2 aliphatic rings. The number of amides is 2. The van der Waals surface area contributed by atoms with Crippen LogP contribution in [0, 0.1) is 0 Å². The van der Waals surface area contributed by atoms with Gasteiger partial charge in [-0.25, -0.2) is 0 Å². The van der Waals surface area contributed by atoms with E-state index in [2.05, 4.69) is 15.1 Å². The summed E-state index contributed by atoms with van der Waals surface area (Å²) in [4.78, 5) is 31.3. The number of carbonyl (C=O) groups is 2.